The van der Waals surface area contributed by atoms with Crippen molar-refractivity contribution >= 4 is 23.0 Å². The lowest BCUT2D eigenvalue weighted by Gasteiger charge is -2.26. The number of para-hydroxylation sites is 1. The maximum Gasteiger partial charge on any atom is 0.185 e. The van der Waals surface area contributed by atoms with E-state index in [1.54, 1.807) is 20.8 Å². The molecule has 0 saturated heterocycles. The SMILES string of the molecule is CC1=C(C)C(=O)C(CCCC(=O)C2CCc3ccccc3N2)=C(C)C1=O. The van der Waals surface area contributed by atoms with Crippen molar-refractivity contribution in [3.8, 4) is 0 Å². The molecule has 1 aromatic carbocycles. The maximum atomic E-state index is 12.6. The van der Waals surface area contributed by atoms with Crippen LogP contribution in [0.4, 0.5) is 5.69 Å². The molecule has 4 heteroatoms. The van der Waals surface area contributed by atoms with Gasteiger partial charge in [0, 0.05) is 34.4 Å². The van der Waals surface area contributed by atoms with Crippen molar-refractivity contribution in [3.05, 3.63) is 52.1 Å². The van der Waals surface area contributed by atoms with Gasteiger partial charge in [0.15, 0.2) is 17.3 Å². The van der Waals surface area contributed by atoms with Crippen LogP contribution in [0, 0.1) is 0 Å². The quantitative estimate of drug-likeness (QED) is 0.816. The van der Waals surface area contributed by atoms with Crippen LogP contribution in [0.3, 0.4) is 0 Å². The second-order valence-electron chi connectivity index (χ2n) is 7.22. The summed E-state index contributed by atoms with van der Waals surface area (Å²) in [7, 11) is 0. The number of rotatable bonds is 5. The van der Waals surface area contributed by atoms with Crippen LogP contribution in [0.5, 0.6) is 0 Å². The van der Waals surface area contributed by atoms with E-state index in [4.69, 9.17) is 0 Å². The minimum atomic E-state index is -0.160. The third kappa shape index (κ3) is 3.41. The average Bonchev–Trinajstić information content (AvgIpc) is 2.67. The molecule has 0 aromatic heterocycles. The average molecular weight is 351 g/mol. The van der Waals surface area contributed by atoms with E-state index in [2.05, 4.69) is 11.4 Å². The van der Waals surface area contributed by atoms with Crippen molar-refractivity contribution in [3.63, 3.8) is 0 Å². The number of benzene rings is 1. The lowest BCUT2D eigenvalue weighted by Crippen LogP contribution is -2.33. The van der Waals surface area contributed by atoms with Gasteiger partial charge in [0.2, 0.25) is 0 Å². The predicted molar refractivity (Wildman–Crippen MR) is 102 cm³/mol. The molecule has 0 radical (unpaired) electrons. The Bertz CT molecular complexity index is 845. The molecule has 1 aromatic rings. The van der Waals surface area contributed by atoms with Gasteiger partial charge < -0.3 is 5.32 Å². The van der Waals surface area contributed by atoms with E-state index in [0.29, 0.717) is 41.6 Å². The van der Waals surface area contributed by atoms with E-state index < -0.39 is 0 Å². The van der Waals surface area contributed by atoms with Crippen LogP contribution in [0.15, 0.2) is 46.6 Å². The molecule has 1 unspecified atom stereocenters. The van der Waals surface area contributed by atoms with E-state index in [-0.39, 0.29) is 23.4 Å². The first-order valence-corrected chi connectivity index (χ1v) is 9.24. The Labute approximate surface area is 154 Å². The van der Waals surface area contributed by atoms with Gasteiger partial charge in [0.1, 0.15) is 0 Å². The van der Waals surface area contributed by atoms with Gasteiger partial charge in [-0.3, -0.25) is 14.4 Å². The fraction of sp³-hybridized carbons (Fsp3) is 0.409. The lowest BCUT2D eigenvalue weighted by atomic mass is 9.83. The van der Waals surface area contributed by atoms with Crippen LogP contribution in [0.1, 0.15) is 52.0 Å². The van der Waals surface area contributed by atoms with Crippen molar-refractivity contribution in [2.45, 2.75) is 58.9 Å². The Hall–Kier alpha value is -2.49. The molecule has 1 heterocycles. The van der Waals surface area contributed by atoms with Gasteiger partial charge >= 0.3 is 0 Å². The Kier molecular flexibility index (Phi) is 5.21. The minimum Gasteiger partial charge on any atom is -0.375 e. The van der Waals surface area contributed by atoms with Crippen LogP contribution in [-0.4, -0.2) is 23.4 Å². The summed E-state index contributed by atoms with van der Waals surface area (Å²) in [6.45, 7) is 5.12. The third-order valence-electron chi connectivity index (χ3n) is 5.60. The number of nitrogens with one attached hydrogen (secondary N) is 1. The van der Waals surface area contributed by atoms with Crippen LogP contribution in [0.2, 0.25) is 0 Å². The van der Waals surface area contributed by atoms with Gasteiger partial charge in [-0.05, 0) is 58.1 Å². The molecule has 3 rings (SSSR count). The Morgan fingerprint density at radius 2 is 1.73 bits per heavy atom. The summed E-state index contributed by atoms with van der Waals surface area (Å²) in [5, 5.41) is 3.33. The fourth-order valence-electron chi connectivity index (χ4n) is 3.75. The molecule has 1 atom stereocenters. The van der Waals surface area contributed by atoms with Crippen LogP contribution < -0.4 is 5.32 Å². The highest BCUT2D eigenvalue weighted by Gasteiger charge is 2.28. The molecule has 0 amide bonds. The van der Waals surface area contributed by atoms with Gasteiger partial charge in [-0.25, -0.2) is 0 Å². The van der Waals surface area contributed by atoms with E-state index in [0.717, 1.165) is 18.5 Å². The van der Waals surface area contributed by atoms with E-state index in [1.807, 2.05) is 18.2 Å². The normalized spacial score (nSPS) is 20.2. The fourth-order valence-corrected chi connectivity index (χ4v) is 3.75. The summed E-state index contributed by atoms with van der Waals surface area (Å²) in [4.78, 5) is 37.2. The van der Waals surface area contributed by atoms with E-state index in [1.165, 1.54) is 5.56 Å². The number of fused-ring (bicyclic) bond motifs is 1. The number of carbonyl (C=O) groups is 3. The molecule has 4 nitrogen and oxygen atoms in total. The topological polar surface area (TPSA) is 63.2 Å². The zero-order valence-electron chi connectivity index (χ0n) is 15.6. The highest BCUT2D eigenvalue weighted by atomic mass is 16.1. The van der Waals surface area contributed by atoms with Crippen molar-refractivity contribution in [2.75, 3.05) is 5.32 Å². The smallest absolute Gasteiger partial charge is 0.185 e. The van der Waals surface area contributed by atoms with E-state index >= 15 is 0 Å². The first-order valence-electron chi connectivity index (χ1n) is 9.24. The van der Waals surface area contributed by atoms with E-state index in [9.17, 15) is 14.4 Å². The highest BCUT2D eigenvalue weighted by Crippen LogP contribution is 2.28. The second kappa shape index (κ2) is 7.40. The second-order valence-corrected chi connectivity index (χ2v) is 7.22. The number of ketones is 3. The molecule has 1 aliphatic carbocycles. The van der Waals surface area contributed by atoms with Crippen LogP contribution >= 0.6 is 0 Å². The number of hydrogen-bond acceptors (Lipinski definition) is 4. The zero-order chi connectivity index (χ0) is 18.8. The largest absolute Gasteiger partial charge is 0.375 e. The molecule has 2 aliphatic rings. The zero-order valence-corrected chi connectivity index (χ0v) is 15.6. The molecule has 1 aliphatic heterocycles. The molecular formula is C22H25NO3. The first-order chi connectivity index (χ1) is 12.4. The van der Waals surface area contributed by atoms with Crippen molar-refractivity contribution in [1.29, 1.82) is 0 Å². The van der Waals surface area contributed by atoms with Gasteiger partial charge in [-0.1, -0.05) is 18.2 Å². The number of Topliss-reactive ketones (excluding diaryl/α,β-unsaturated/α-hetero) is 3. The number of anilines is 1. The van der Waals surface area contributed by atoms with Crippen molar-refractivity contribution in [2.24, 2.45) is 0 Å². The van der Waals surface area contributed by atoms with Crippen LogP contribution in [0.25, 0.3) is 0 Å². The monoisotopic (exact) mass is 351 g/mol. The maximum absolute atomic E-state index is 12.6. The number of carbonyl (C=O) groups excluding carboxylic acids is 3. The summed E-state index contributed by atoms with van der Waals surface area (Å²) >= 11 is 0. The van der Waals surface area contributed by atoms with Gasteiger partial charge in [0.25, 0.3) is 0 Å². The van der Waals surface area contributed by atoms with Crippen molar-refractivity contribution in [1.82, 2.24) is 0 Å². The highest BCUT2D eigenvalue weighted by molar-refractivity contribution is 6.24. The molecule has 0 bridgehead atoms. The summed E-state index contributed by atoms with van der Waals surface area (Å²) in [6.07, 6.45) is 3.20. The predicted octanol–water partition coefficient (Wildman–Crippen LogP) is 3.96. The minimum absolute atomic E-state index is 0.0447. The molecule has 0 saturated carbocycles. The molecule has 1 N–H and O–H groups in total. The van der Waals surface area contributed by atoms with Gasteiger partial charge in [-0.15, -0.1) is 0 Å². The summed E-state index contributed by atoms with van der Waals surface area (Å²) in [5.41, 5.74) is 4.48. The Balaban J connectivity index is 1.58. The standard InChI is InChI=1S/C22H25NO3/c1-13-14(2)22(26)17(15(3)21(13)25)8-6-10-20(24)19-12-11-16-7-4-5-9-18(16)23-19/h4-5,7,9,19,23H,6,8,10-12H2,1-3H3. The van der Waals surface area contributed by atoms with Gasteiger partial charge in [-0.2, -0.15) is 0 Å². The molecular weight excluding hydrogens is 326 g/mol. The van der Waals surface area contributed by atoms with Crippen LogP contribution in [-0.2, 0) is 20.8 Å². The third-order valence-corrected chi connectivity index (χ3v) is 5.60. The Morgan fingerprint density at radius 3 is 2.50 bits per heavy atom. The summed E-state index contributed by atoms with van der Waals surface area (Å²) in [5.74, 6) is 0.0848. The molecule has 26 heavy (non-hydrogen) atoms. The number of aryl methyl sites for hydroxylation is 1. The summed E-state index contributed by atoms with van der Waals surface area (Å²) in [6, 6.07) is 7.92. The van der Waals surface area contributed by atoms with Gasteiger partial charge in [0.05, 0.1) is 6.04 Å². The number of allylic oxidation sites excluding steroid dienone is 4. The molecule has 136 valence electrons. The summed E-state index contributed by atoms with van der Waals surface area (Å²) < 4.78 is 0. The molecule has 0 fully saturated rings. The van der Waals surface area contributed by atoms with Crippen molar-refractivity contribution < 1.29 is 14.4 Å². The first kappa shape index (κ1) is 18.3. The number of hydrogen-bond donors (Lipinski definition) is 1. The Morgan fingerprint density at radius 1 is 1.04 bits per heavy atom. The molecule has 0 spiro atoms. The lowest BCUT2D eigenvalue weighted by molar-refractivity contribution is -0.120.